The predicted octanol–water partition coefficient (Wildman–Crippen LogP) is 5.76. The molecule has 0 aromatic heterocycles. The van der Waals surface area contributed by atoms with Gasteiger partial charge in [0.25, 0.3) is 0 Å². The highest BCUT2D eigenvalue weighted by Crippen LogP contribution is 2.56. The monoisotopic (exact) mass is 477 g/mol. The zero-order valence-electron chi connectivity index (χ0n) is 20.5. The van der Waals surface area contributed by atoms with Crippen LogP contribution in [0.1, 0.15) is 68.6 Å². The molecule has 0 spiro atoms. The average Bonchev–Trinajstić information content (AvgIpc) is 2.88. The first-order valence-corrected chi connectivity index (χ1v) is 13.0. The fourth-order valence-corrected chi connectivity index (χ4v) is 6.54. The zero-order chi connectivity index (χ0) is 24.3. The molecule has 2 bridgehead atoms. The molecule has 5 rings (SSSR count). The van der Waals surface area contributed by atoms with Crippen molar-refractivity contribution in [2.75, 3.05) is 13.3 Å². The molecule has 1 saturated carbocycles. The van der Waals surface area contributed by atoms with Gasteiger partial charge in [-0.15, -0.1) is 0 Å². The Labute approximate surface area is 207 Å². The molecule has 2 aromatic carbocycles. The summed E-state index contributed by atoms with van der Waals surface area (Å²) in [5, 5.41) is 0. The van der Waals surface area contributed by atoms with Gasteiger partial charge < -0.3 is 19.1 Å². The van der Waals surface area contributed by atoms with Crippen LogP contribution in [0.15, 0.2) is 48.5 Å². The number of piperidine rings is 1. The molecule has 6 nitrogen and oxygen atoms in total. The number of amides is 1. The van der Waals surface area contributed by atoms with Crippen LogP contribution in [-0.2, 0) is 32.7 Å². The first-order valence-electron chi connectivity index (χ1n) is 13.0. The Hall–Kier alpha value is -3.02. The van der Waals surface area contributed by atoms with E-state index in [-0.39, 0.29) is 30.3 Å². The van der Waals surface area contributed by atoms with Crippen LogP contribution < -0.4 is 4.74 Å². The van der Waals surface area contributed by atoms with Gasteiger partial charge in [0, 0.05) is 24.4 Å². The van der Waals surface area contributed by atoms with Gasteiger partial charge in [0.1, 0.15) is 12.4 Å². The summed E-state index contributed by atoms with van der Waals surface area (Å²) in [6.45, 7) is 2.91. The lowest BCUT2D eigenvalue weighted by Gasteiger charge is -2.58. The number of hydrogen-bond donors (Lipinski definition) is 0. The van der Waals surface area contributed by atoms with E-state index in [1.54, 1.807) is 0 Å². The third-order valence-corrected chi connectivity index (χ3v) is 8.15. The molecule has 1 aliphatic heterocycles. The van der Waals surface area contributed by atoms with Crippen LogP contribution in [0.4, 0.5) is 4.79 Å². The maximum atomic E-state index is 13.2. The Morgan fingerprint density at radius 2 is 1.91 bits per heavy atom. The molecule has 1 saturated heterocycles. The van der Waals surface area contributed by atoms with Crippen molar-refractivity contribution in [1.82, 2.24) is 4.90 Å². The molecule has 6 heteroatoms. The van der Waals surface area contributed by atoms with Gasteiger partial charge in [0.2, 0.25) is 6.79 Å². The molecule has 2 fully saturated rings. The Morgan fingerprint density at radius 3 is 2.74 bits per heavy atom. The summed E-state index contributed by atoms with van der Waals surface area (Å²) < 4.78 is 16.8. The van der Waals surface area contributed by atoms with Gasteiger partial charge in [0.15, 0.2) is 0 Å². The number of likely N-dealkylation sites (tertiary alicyclic amines) is 1. The van der Waals surface area contributed by atoms with Crippen LogP contribution in [0.25, 0.3) is 0 Å². The molecule has 0 radical (unpaired) electrons. The summed E-state index contributed by atoms with van der Waals surface area (Å²) >= 11 is 0. The molecular formula is C29H35NO5. The van der Waals surface area contributed by atoms with Crippen LogP contribution in [-0.4, -0.2) is 36.3 Å². The molecule has 3 aliphatic rings. The molecule has 1 heterocycles. The molecule has 35 heavy (non-hydrogen) atoms. The number of rotatable bonds is 7. The molecule has 186 valence electrons. The van der Waals surface area contributed by atoms with E-state index in [4.69, 9.17) is 14.2 Å². The lowest BCUT2D eigenvalue weighted by Crippen LogP contribution is -2.62. The maximum Gasteiger partial charge on any atom is 0.410 e. The third kappa shape index (κ3) is 4.75. The van der Waals surface area contributed by atoms with Crippen LogP contribution in [0.3, 0.4) is 0 Å². The van der Waals surface area contributed by atoms with Crippen molar-refractivity contribution in [3.8, 4) is 5.75 Å². The maximum absolute atomic E-state index is 13.2. The molecular weight excluding hydrogens is 442 g/mol. The molecule has 0 N–H and O–H groups in total. The molecule has 1 amide bonds. The highest BCUT2D eigenvalue weighted by Gasteiger charge is 2.55. The smallest absolute Gasteiger partial charge is 0.410 e. The summed E-state index contributed by atoms with van der Waals surface area (Å²) in [6, 6.07) is 16.3. The van der Waals surface area contributed by atoms with E-state index in [1.807, 2.05) is 48.2 Å². The Balaban J connectivity index is 1.33. The van der Waals surface area contributed by atoms with Gasteiger partial charge in [-0.3, -0.25) is 4.79 Å². The minimum atomic E-state index is -0.231. The normalized spacial score (nSPS) is 24.7. The number of esters is 1. The van der Waals surface area contributed by atoms with E-state index >= 15 is 0 Å². The SMILES string of the molecule is CCCC(=O)OCOc1ccc2c(c1)[C@]13CCCC[C@@H]1[C@@H](C2)N(C(=O)OCc1ccccc1)CC3. The highest BCUT2D eigenvalue weighted by molar-refractivity contribution is 5.69. The summed E-state index contributed by atoms with van der Waals surface area (Å²) in [6.07, 6.45) is 7.44. The number of benzene rings is 2. The fraction of sp³-hybridized carbons (Fsp3) is 0.517. The Morgan fingerprint density at radius 1 is 1.06 bits per heavy atom. The number of nitrogens with zero attached hydrogens (tertiary/aromatic N) is 1. The number of fused-ring (bicyclic) bond motifs is 1. The van der Waals surface area contributed by atoms with Crippen molar-refractivity contribution in [3.63, 3.8) is 0 Å². The highest BCUT2D eigenvalue weighted by atomic mass is 16.7. The predicted molar refractivity (Wildman–Crippen MR) is 132 cm³/mol. The minimum Gasteiger partial charge on any atom is -0.457 e. The summed E-state index contributed by atoms with van der Waals surface area (Å²) in [7, 11) is 0. The molecule has 2 aliphatic carbocycles. The van der Waals surface area contributed by atoms with E-state index in [1.165, 1.54) is 24.0 Å². The van der Waals surface area contributed by atoms with Crippen LogP contribution in [0, 0.1) is 5.92 Å². The van der Waals surface area contributed by atoms with E-state index in [9.17, 15) is 9.59 Å². The van der Waals surface area contributed by atoms with Gasteiger partial charge in [-0.25, -0.2) is 4.79 Å². The van der Waals surface area contributed by atoms with E-state index < -0.39 is 0 Å². The van der Waals surface area contributed by atoms with E-state index in [2.05, 4.69) is 12.1 Å². The van der Waals surface area contributed by atoms with Gasteiger partial charge in [0.05, 0.1) is 0 Å². The van der Waals surface area contributed by atoms with Crippen molar-refractivity contribution in [3.05, 3.63) is 65.2 Å². The van der Waals surface area contributed by atoms with Crippen LogP contribution in [0.2, 0.25) is 0 Å². The second-order valence-electron chi connectivity index (χ2n) is 10.1. The third-order valence-electron chi connectivity index (χ3n) is 8.15. The number of carbonyl (C=O) groups is 2. The molecule has 3 atom stereocenters. The molecule has 2 aromatic rings. The topological polar surface area (TPSA) is 65.1 Å². The zero-order valence-corrected chi connectivity index (χ0v) is 20.5. The standard InChI is InChI=1S/C29H35NO5/c1-2-8-27(31)35-20-34-23-13-12-22-17-26-24-11-6-7-14-29(24,25(22)18-23)15-16-30(26)28(32)33-19-21-9-4-3-5-10-21/h3-5,9-10,12-13,18,24,26H,2,6-8,11,14-17,19-20H2,1H3/t24-,26-,29+/m1/s1. The van der Waals surface area contributed by atoms with Crippen molar-refractivity contribution in [2.24, 2.45) is 5.92 Å². The Kier molecular flexibility index (Phi) is 6.98. The quantitative estimate of drug-likeness (QED) is 0.375. The van der Waals surface area contributed by atoms with Crippen molar-refractivity contribution >= 4 is 12.1 Å². The van der Waals surface area contributed by atoms with Crippen LogP contribution >= 0.6 is 0 Å². The van der Waals surface area contributed by atoms with Gasteiger partial charge in [-0.2, -0.15) is 0 Å². The lowest BCUT2D eigenvalue weighted by atomic mass is 9.52. The van der Waals surface area contributed by atoms with E-state index in [0.717, 1.165) is 43.4 Å². The van der Waals surface area contributed by atoms with Gasteiger partial charge in [-0.05, 0) is 66.8 Å². The Bertz CT molecular complexity index is 1050. The first-order chi connectivity index (χ1) is 17.1. The average molecular weight is 478 g/mol. The van der Waals surface area contributed by atoms with Crippen molar-refractivity contribution < 1.29 is 23.8 Å². The molecule has 0 unspecified atom stereocenters. The summed E-state index contributed by atoms with van der Waals surface area (Å²) in [4.78, 5) is 26.8. The van der Waals surface area contributed by atoms with Crippen molar-refractivity contribution in [1.29, 1.82) is 0 Å². The summed E-state index contributed by atoms with van der Waals surface area (Å²) in [5.41, 5.74) is 3.74. The second kappa shape index (κ2) is 10.3. The largest absolute Gasteiger partial charge is 0.457 e. The number of carbonyl (C=O) groups excluding carboxylic acids is 2. The number of hydrogen-bond acceptors (Lipinski definition) is 5. The van der Waals surface area contributed by atoms with Crippen LogP contribution in [0.5, 0.6) is 5.75 Å². The fourth-order valence-electron chi connectivity index (χ4n) is 6.54. The van der Waals surface area contributed by atoms with Gasteiger partial charge in [-0.1, -0.05) is 56.2 Å². The van der Waals surface area contributed by atoms with Gasteiger partial charge >= 0.3 is 12.1 Å². The lowest BCUT2D eigenvalue weighted by molar-refractivity contribution is -0.150. The first kappa shape index (κ1) is 23.7. The van der Waals surface area contributed by atoms with E-state index in [0.29, 0.717) is 25.5 Å². The minimum absolute atomic E-state index is 0.0578. The second-order valence-corrected chi connectivity index (χ2v) is 10.1. The van der Waals surface area contributed by atoms with Crippen molar-refractivity contribution in [2.45, 2.75) is 76.4 Å². The summed E-state index contributed by atoms with van der Waals surface area (Å²) in [5.74, 6) is 0.945. The number of ether oxygens (including phenoxy) is 3.